The molecule has 0 atom stereocenters. The summed E-state index contributed by atoms with van der Waals surface area (Å²) in [4.78, 5) is 30.5. The molecular weight excluding hydrogens is 368 g/mol. The Bertz CT molecular complexity index is 1080. The van der Waals surface area contributed by atoms with Gasteiger partial charge >= 0.3 is 10.8 Å². The summed E-state index contributed by atoms with van der Waals surface area (Å²) in [6.45, 7) is 1.53. The number of aromatic nitrogens is 3. The molecule has 0 aliphatic rings. The number of aliphatic hydroxyl groups is 1. The fraction of sp³-hybridized carbons (Fsp3) is 0.222. The molecule has 3 aromatic rings. The third kappa shape index (κ3) is 4.07. The molecule has 8 nitrogen and oxygen atoms in total. The summed E-state index contributed by atoms with van der Waals surface area (Å²) in [7, 11) is 0. The van der Waals surface area contributed by atoms with Gasteiger partial charge in [-0.05, 0) is 19.1 Å². The SMILES string of the molecule is Cc1csc(=O)n1CCC(=O)OC/C(O)=C(\C#N)c1nc2ccccc2[nH]1. The number of imidazole rings is 1. The van der Waals surface area contributed by atoms with Crippen LogP contribution >= 0.6 is 11.3 Å². The molecule has 0 radical (unpaired) electrons. The topological polar surface area (TPSA) is 121 Å². The number of nitrogens with zero attached hydrogens (tertiary/aromatic N) is 3. The Morgan fingerprint density at radius 1 is 1.44 bits per heavy atom. The zero-order valence-corrected chi connectivity index (χ0v) is 15.2. The predicted molar refractivity (Wildman–Crippen MR) is 100 cm³/mol. The molecule has 2 heterocycles. The number of H-pyrrole nitrogens is 1. The van der Waals surface area contributed by atoms with Crippen LogP contribution < -0.4 is 4.87 Å². The fourth-order valence-electron chi connectivity index (χ4n) is 2.50. The van der Waals surface area contributed by atoms with Crippen molar-refractivity contribution >= 4 is 33.9 Å². The number of rotatable bonds is 6. The molecule has 2 aromatic heterocycles. The van der Waals surface area contributed by atoms with Crippen LogP contribution in [-0.2, 0) is 16.1 Å². The number of ether oxygens (including phenoxy) is 1. The Labute approximate surface area is 158 Å². The average Bonchev–Trinajstić information content (AvgIpc) is 3.22. The van der Waals surface area contributed by atoms with Crippen LogP contribution in [0.15, 0.2) is 40.2 Å². The number of carbonyl (C=O) groups excluding carboxylic acids is 1. The van der Waals surface area contributed by atoms with E-state index in [1.807, 2.05) is 18.2 Å². The average molecular weight is 384 g/mol. The summed E-state index contributed by atoms with van der Waals surface area (Å²) in [5.74, 6) is -0.776. The van der Waals surface area contributed by atoms with E-state index in [4.69, 9.17) is 4.74 Å². The van der Waals surface area contributed by atoms with Gasteiger partial charge in [0.15, 0.2) is 11.6 Å². The Morgan fingerprint density at radius 3 is 2.89 bits per heavy atom. The van der Waals surface area contributed by atoms with Gasteiger partial charge in [-0.2, -0.15) is 5.26 Å². The van der Waals surface area contributed by atoms with Crippen LogP contribution in [0.4, 0.5) is 0 Å². The van der Waals surface area contributed by atoms with E-state index in [0.29, 0.717) is 5.52 Å². The van der Waals surface area contributed by atoms with Crippen LogP contribution in [0.3, 0.4) is 0 Å². The molecule has 0 unspecified atom stereocenters. The molecule has 0 amide bonds. The van der Waals surface area contributed by atoms with Crippen molar-refractivity contribution in [2.45, 2.75) is 19.9 Å². The number of esters is 1. The highest BCUT2D eigenvalue weighted by Gasteiger charge is 2.15. The summed E-state index contributed by atoms with van der Waals surface area (Å²) < 4.78 is 6.49. The van der Waals surface area contributed by atoms with E-state index in [2.05, 4.69) is 9.97 Å². The van der Waals surface area contributed by atoms with Crippen LogP contribution in [0.2, 0.25) is 0 Å². The van der Waals surface area contributed by atoms with Gasteiger partial charge in [0.25, 0.3) is 0 Å². The van der Waals surface area contributed by atoms with Gasteiger partial charge in [0.2, 0.25) is 0 Å². The minimum absolute atomic E-state index is 0.0166. The second-order valence-electron chi connectivity index (χ2n) is 5.74. The molecule has 0 saturated heterocycles. The quantitative estimate of drug-likeness (QED) is 0.383. The van der Waals surface area contributed by atoms with Gasteiger partial charge in [0.05, 0.1) is 17.5 Å². The molecule has 1 aromatic carbocycles. The molecule has 138 valence electrons. The molecule has 0 spiro atoms. The number of thiazole rings is 1. The first kappa shape index (κ1) is 18.4. The maximum Gasteiger partial charge on any atom is 0.308 e. The third-order valence-electron chi connectivity index (χ3n) is 3.91. The molecule has 0 saturated carbocycles. The van der Waals surface area contributed by atoms with E-state index in [-0.39, 0.29) is 29.2 Å². The van der Waals surface area contributed by atoms with Crippen LogP contribution in [0.5, 0.6) is 0 Å². The first-order valence-corrected chi connectivity index (χ1v) is 8.95. The monoisotopic (exact) mass is 384 g/mol. The van der Waals surface area contributed by atoms with Crippen molar-refractivity contribution in [3.05, 3.63) is 56.6 Å². The summed E-state index contributed by atoms with van der Waals surface area (Å²) in [6, 6.07) is 9.08. The Hall–Kier alpha value is -3.38. The summed E-state index contributed by atoms with van der Waals surface area (Å²) in [6.07, 6.45) is -0.0166. The minimum atomic E-state index is -0.582. The van der Waals surface area contributed by atoms with Gasteiger partial charge in [-0.15, -0.1) is 0 Å². The van der Waals surface area contributed by atoms with Gasteiger partial charge in [0.1, 0.15) is 18.2 Å². The number of para-hydroxylation sites is 2. The molecule has 0 aliphatic heterocycles. The number of carbonyl (C=O) groups is 1. The highest BCUT2D eigenvalue weighted by atomic mass is 32.1. The minimum Gasteiger partial charge on any atom is -0.507 e. The lowest BCUT2D eigenvalue weighted by Gasteiger charge is -2.06. The van der Waals surface area contributed by atoms with E-state index >= 15 is 0 Å². The number of aryl methyl sites for hydroxylation is 1. The first-order valence-electron chi connectivity index (χ1n) is 8.07. The molecular formula is C18H16N4O4S. The van der Waals surface area contributed by atoms with E-state index in [0.717, 1.165) is 22.5 Å². The predicted octanol–water partition coefficient (Wildman–Crippen LogP) is 2.52. The smallest absolute Gasteiger partial charge is 0.308 e. The highest BCUT2D eigenvalue weighted by molar-refractivity contribution is 7.07. The van der Waals surface area contributed by atoms with Gasteiger partial charge in [-0.1, -0.05) is 23.5 Å². The molecule has 9 heteroatoms. The number of fused-ring (bicyclic) bond motifs is 1. The van der Waals surface area contributed by atoms with Crippen LogP contribution in [0.1, 0.15) is 17.9 Å². The van der Waals surface area contributed by atoms with Gasteiger partial charge in [-0.3, -0.25) is 9.59 Å². The summed E-state index contributed by atoms with van der Waals surface area (Å²) in [5, 5.41) is 21.2. The van der Waals surface area contributed by atoms with Crippen LogP contribution in [0.25, 0.3) is 16.6 Å². The largest absolute Gasteiger partial charge is 0.507 e. The molecule has 0 bridgehead atoms. The van der Waals surface area contributed by atoms with E-state index < -0.39 is 18.3 Å². The lowest BCUT2D eigenvalue weighted by atomic mass is 10.2. The summed E-state index contributed by atoms with van der Waals surface area (Å²) >= 11 is 1.07. The number of benzene rings is 1. The molecule has 0 fully saturated rings. The van der Waals surface area contributed by atoms with Gasteiger partial charge < -0.3 is 19.4 Å². The lowest BCUT2D eigenvalue weighted by Crippen LogP contribution is -2.18. The standard InChI is InChI=1S/C18H16N4O4S/c1-11-10-27-18(25)22(11)7-6-16(24)26-9-15(23)12(8-19)17-20-13-4-2-3-5-14(13)21-17/h2-5,10,23H,6-7,9H2,1H3,(H,20,21)/b15-12-. The Balaban J connectivity index is 1.65. The van der Waals surface area contributed by atoms with Gasteiger partial charge in [0, 0.05) is 17.6 Å². The zero-order chi connectivity index (χ0) is 19.4. The third-order valence-corrected chi connectivity index (χ3v) is 4.79. The van der Waals surface area contributed by atoms with Crippen LogP contribution in [-0.4, -0.2) is 32.2 Å². The second-order valence-corrected chi connectivity index (χ2v) is 6.56. The summed E-state index contributed by atoms with van der Waals surface area (Å²) in [5.41, 5.74) is 2.06. The van der Waals surface area contributed by atoms with E-state index in [1.165, 1.54) is 4.57 Å². The van der Waals surface area contributed by atoms with Crippen LogP contribution in [0, 0.1) is 18.3 Å². The van der Waals surface area contributed by atoms with Crippen molar-refractivity contribution in [1.82, 2.24) is 14.5 Å². The maximum atomic E-state index is 11.9. The highest BCUT2D eigenvalue weighted by Crippen LogP contribution is 2.18. The van der Waals surface area contributed by atoms with Crippen molar-refractivity contribution < 1.29 is 14.6 Å². The fourth-order valence-corrected chi connectivity index (χ4v) is 3.26. The maximum absolute atomic E-state index is 11.9. The molecule has 0 aliphatic carbocycles. The number of nitriles is 1. The Kier molecular flexibility index (Phi) is 5.38. The van der Waals surface area contributed by atoms with E-state index in [1.54, 1.807) is 24.4 Å². The Morgan fingerprint density at radius 2 is 2.22 bits per heavy atom. The van der Waals surface area contributed by atoms with E-state index in [9.17, 15) is 20.0 Å². The number of hydrogen-bond donors (Lipinski definition) is 2. The number of hydrogen-bond acceptors (Lipinski definition) is 7. The van der Waals surface area contributed by atoms with Crippen molar-refractivity contribution in [2.24, 2.45) is 0 Å². The molecule has 3 rings (SSSR count). The zero-order valence-electron chi connectivity index (χ0n) is 14.4. The van der Waals surface area contributed by atoms with Crippen molar-refractivity contribution in [3.8, 4) is 6.07 Å². The normalized spacial score (nSPS) is 11.9. The number of nitrogens with one attached hydrogen (secondary N) is 1. The first-order chi connectivity index (χ1) is 13.0. The number of aliphatic hydroxyl groups excluding tert-OH is 1. The second kappa shape index (κ2) is 7.88. The van der Waals surface area contributed by atoms with Gasteiger partial charge in [-0.25, -0.2) is 4.98 Å². The van der Waals surface area contributed by atoms with Crippen molar-refractivity contribution in [3.63, 3.8) is 0 Å². The molecule has 2 N–H and O–H groups in total. The number of allylic oxidation sites excluding steroid dienone is 1. The molecule has 27 heavy (non-hydrogen) atoms. The number of aromatic amines is 1. The van der Waals surface area contributed by atoms with Crippen molar-refractivity contribution in [2.75, 3.05) is 6.61 Å². The lowest BCUT2D eigenvalue weighted by molar-refractivity contribution is -0.143. The van der Waals surface area contributed by atoms with Crippen molar-refractivity contribution in [1.29, 1.82) is 5.26 Å².